The van der Waals surface area contributed by atoms with Gasteiger partial charge in [0.25, 0.3) is 0 Å². The Kier molecular flexibility index (Phi) is 6.03. The van der Waals surface area contributed by atoms with Crippen LogP contribution in [0.15, 0.2) is 54.9 Å². The Balaban J connectivity index is 1.63. The normalized spacial score (nSPS) is 17.3. The first-order valence-electron chi connectivity index (χ1n) is 10.9. The van der Waals surface area contributed by atoms with Crippen LogP contribution < -0.4 is 4.74 Å². The molecule has 5 heteroatoms. The molecule has 0 saturated carbocycles. The van der Waals surface area contributed by atoms with Crippen LogP contribution in [-0.4, -0.2) is 27.5 Å². The summed E-state index contributed by atoms with van der Waals surface area (Å²) in [7, 11) is 1.89. The van der Waals surface area contributed by atoms with Crippen molar-refractivity contribution in [2.45, 2.75) is 51.6 Å². The molecule has 2 atom stereocenters. The highest BCUT2D eigenvalue weighted by Gasteiger charge is 2.36. The van der Waals surface area contributed by atoms with Gasteiger partial charge in [-0.2, -0.15) is 5.10 Å². The van der Waals surface area contributed by atoms with Crippen molar-refractivity contribution in [3.05, 3.63) is 82.7 Å². The molecule has 2 heterocycles. The average molecular weight is 417 g/mol. The number of benzene rings is 2. The third kappa shape index (κ3) is 4.31. The Hall–Kier alpha value is -3.21. The second kappa shape index (κ2) is 8.88. The number of fused-ring (bicyclic) bond motifs is 1. The van der Waals surface area contributed by atoms with Crippen LogP contribution in [0.4, 0.5) is 0 Å². The van der Waals surface area contributed by atoms with Gasteiger partial charge in [0.1, 0.15) is 11.9 Å². The predicted octanol–water partition coefficient (Wildman–Crippen LogP) is 5.13. The fourth-order valence-electron chi connectivity index (χ4n) is 4.39. The van der Waals surface area contributed by atoms with E-state index in [1.807, 2.05) is 57.6 Å². The highest BCUT2D eigenvalue weighted by atomic mass is 16.5. The van der Waals surface area contributed by atoms with Crippen LogP contribution in [0.5, 0.6) is 5.75 Å². The first-order chi connectivity index (χ1) is 15.0. The molecule has 0 spiro atoms. The molecule has 1 aliphatic heterocycles. The van der Waals surface area contributed by atoms with E-state index in [1.54, 1.807) is 10.7 Å². The highest BCUT2D eigenvalue weighted by molar-refractivity contribution is 6.04. The molecule has 0 aliphatic carbocycles. The number of aryl methyl sites for hydroxylation is 2. The lowest BCUT2D eigenvalue weighted by Gasteiger charge is -2.15. The third-order valence-electron chi connectivity index (χ3n) is 5.96. The fourth-order valence-corrected chi connectivity index (χ4v) is 4.39. The van der Waals surface area contributed by atoms with Crippen molar-refractivity contribution >= 4 is 11.6 Å². The molecular weight excluding hydrogens is 388 g/mol. The van der Waals surface area contributed by atoms with Crippen molar-refractivity contribution in [3.8, 4) is 5.75 Å². The van der Waals surface area contributed by atoms with E-state index in [2.05, 4.69) is 17.2 Å². The summed E-state index contributed by atoms with van der Waals surface area (Å²) in [6.07, 6.45) is 6.06. The Morgan fingerprint density at radius 3 is 2.58 bits per heavy atom. The molecule has 3 aromatic rings. The topological polar surface area (TPSA) is 61.2 Å². The summed E-state index contributed by atoms with van der Waals surface area (Å²) in [6.45, 7) is 3.86. The number of hydrogen-bond donors (Lipinski definition) is 0. The number of rotatable bonds is 8. The van der Waals surface area contributed by atoms with Gasteiger partial charge in [-0.15, -0.1) is 0 Å². The molecule has 0 bridgehead atoms. The van der Waals surface area contributed by atoms with Crippen LogP contribution in [0, 0.1) is 0 Å². The highest BCUT2D eigenvalue weighted by Crippen LogP contribution is 2.45. The minimum absolute atomic E-state index is 0.00201. The van der Waals surface area contributed by atoms with Crippen molar-refractivity contribution in [2.75, 3.05) is 0 Å². The molecule has 31 heavy (non-hydrogen) atoms. The number of nitrogens with zero attached hydrogens (tertiary/aromatic N) is 2. The lowest BCUT2D eigenvalue weighted by atomic mass is 9.85. The van der Waals surface area contributed by atoms with E-state index < -0.39 is 0 Å². The molecule has 1 aromatic heterocycles. The van der Waals surface area contributed by atoms with Crippen LogP contribution in [-0.2, 0) is 13.5 Å². The number of hydrogen-bond acceptors (Lipinski definition) is 4. The van der Waals surface area contributed by atoms with Crippen molar-refractivity contribution in [3.63, 3.8) is 0 Å². The van der Waals surface area contributed by atoms with Gasteiger partial charge in [0.2, 0.25) is 0 Å². The van der Waals surface area contributed by atoms with Gasteiger partial charge in [-0.1, -0.05) is 37.3 Å². The molecule has 0 amide bonds. The number of aromatic nitrogens is 2. The van der Waals surface area contributed by atoms with Gasteiger partial charge in [-0.05, 0) is 43.0 Å². The minimum Gasteiger partial charge on any atom is -0.489 e. The van der Waals surface area contributed by atoms with Crippen molar-refractivity contribution in [1.29, 1.82) is 0 Å². The van der Waals surface area contributed by atoms with Gasteiger partial charge in [-0.25, -0.2) is 0 Å². The summed E-state index contributed by atoms with van der Waals surface area (Å²) in [6, 6.07) is 13.8. The summed E-state index contributed by atoms with van der Waals surface area (Å²) in [5.74, 6) is 0.702. The fraction of sp³-hybridized carbons (Fsp3) is 0.346. The summed E-state index contributed by atoms with van der Waals surface area (Å²) < 4.78 is 7.93. The Bertz CT molecular complexity index is 1100. The predicted molar refractivity (Wildman–Crippen MR) is 120 cm³/mol. The summed E-state index contributed by atoms with van der Waals surface area (Å²) >= 11 is 0. The maximum absolute atomic E-state index is 13.1. The Morgan fingerprint density at radius 1 is 1.13 bits per heavy atom. The quantitative estimate of drug-likeness (QED) is 0.478. The van der Waals surface area contributed by atoms with Gasteiger partial charge in [0.05, 0.1) is 11.8 Å². The van der Waals surface area contributed by atoms with Crippen molar-refractivity contribution in [1.82, 2.24) is 9.78 Å². The second-order valence-electron chi connectivity index (χ2n) is 8.23. The summed E-state index contributed by atoms with van der Waals surface area (Å²) in [5.41, 5.74) is 4.32. The van der Waals surface area contributed by atoms with E-state index in [-0.39, 0.29) is 23.6 Å². The van der Waals surface area contributed by atoms with E-state index in [0.717, 1.165) is 29.5 Å². The molecule has 160 valence electrons. The zero-order valence-electron chi connectivity index (χ0n) is 18.3. The number of ether oxygens (including phenoxy) is 1. The van der Waals surface area contributed by atoms with E-state index in [1.165, 1.54) is 0 Å². The minimum atomic E-state index is -0.100. The lowest BCUT2D eigenvalue weighted by Crippen LogP contribution is -2.15. The number of Topliss-reactive ketones (excluding diaryl/α,β-unsaturated/α-hetero) is 2. The van der Waals surface area contributed by atoms with Gasteiger partial charge < -0.3 is 4.74 Å². The van der Waals surface area contributed by atoms with Crippen LogP contribution in [0.1, 0.15) is 76.4 Å². The average Bonchev–Trinajstić information content (AvgIpc) is 3.34. The molecular formula is C26H28N2O3. The van der Waals surface area contributed by atoms with Crippen LogP contribution in [0.25, 0.3) is 0 Å². The molecule has 0 unspecified atom stereocenters. The zero-order chi connectivity index (χ0) is 22.0. The van der Waals surface area contributed by atoms with E-state index in [4.69, 9.17) is 4.74 Å². The SMILES string of the molecule is CCC(=O)c1cc(C(=O)CCCc2cnn(C)c2)cc2c1O[C@@H](C)[C@@H]2c1ccccc1. The van der Waals surface area contributed by atoms with Gasteiger partial charge in [-0.3, -0.25) is 14.3 Å². The lowest BCUT2D eigenvalue weighted by molar-refractivity contribution is 0.0980. The molecule has 0 radical (unpaired) electrons. The van der Waals surface area contributed by atoms with Gasteiger partial charge in [0, 0.05) is 43.1 Å². The first kappa shape index (κ1) is 21.0. The Morgan fingerprint density at radius 2 is 1.90 bits per heavy atom. The van der Waals surface area contributed by atoms with Crippen LogP contribution in [0.2, 0.25) is 0 Å². The smallest absolute Gasteiger partial charge is 0.166 e. The third-order valence-corrected chi connectivity index (χ3v) is 5.96. The molecule has 2 aromatic carbocycles. The number of ketones is 2. The van der Waals surface area contributed by atoms with E-state index in [0.29, 0.717) is 29.7 Å². The summed E-state index contributed by atoms with van der Waals surface area (Å²) in [4.78, 5) is 25.8. The van der Waals surface area contributed by atoms with Crippen molar-refractivity contribution < 1.29 is 14.3 Å². The summed E-state index contributed by atoms with van der Waals surface area (Å²) in [5, 5.41) is 4.18. The molecule has 1 aliphatic rings. The maximum Gasteiger partial charge on any atom is 0.166 e. The number of carbonyl (C=O) groups excluding carboxylic acids is 2. The Labute approximate surface area is 183 Å². The standard InChI is InChI=1S/C26H28N2O3/c1-4-23(29)21-13-20(24(30)12-8-9-18-15-27-28(3)16-18)14-22-25(17(2)31-26(21)22)19-10-6-5-7-11-19/h5-7,10-11,13-17,25H,4,8-9,12H2,1-3H3/t17-,25+/m0/s1. The van der Waals surface area contributed by atoms with Gasteiger partial charge >= 0.3 is 0 Å². The van der Waals surface area contributed by atoms with Crippen LogP contribution >= 0.6 is 0 Å². The zero-order valence-corrected chi connectivity index (χ0v) is 18.3. The largest absolute Gasteiger partial charge is 0.489 e. The monoisotopic (exact) mass is 416 g/mol. The molecule has 5 nitrogen and oxygen atoms in total. The van der Waals surface area contributed by atoms with E-state index >= 15 is 0 Å². The molecule has 0 N–H and O–H groups in total. The second-order valence-corrected chi connectivity index (χ2v) is 8.23. The maximum atomic E-state index is 13.1. The molecule has 0 saturated heterocycles. The molecule has 0 fully saturated rings. The van der Waals surface area contributed by atoms with Gasteiger partial charge in [0.15, 0.2) is 11.6 Å². The van der Waals surface area contributed by atoms with Crippen molar-refractivity contribution in [2.24, 2.45) is 7.05 Å². The van der Waals surface area contributed by atoms with Crippen LogP contribution in [0.3, 0.4) is 0 Å². The number of carbonyl (C=O) groups is 2. The first-order valence-corrected chi connectivity index (χ1v) is 10.9. The van der Waals surface area contributed by atoms with E-state index in [9.17, 15) is 9.59 Å². The molecule has 4 rings (SSSR count).